The lowest BCUT2D eigenvalue weighted by molar-refractivity contribution is 0.220. The summed E-state index contributed by atoms with van der Waals surface area (Å²) in [7, 11) is 0. The first-order valence-corrected chi connectivity index (χ1v) is 20.9. The third-order valence-corrected chi connectivity index (χ3v) is 14.1. The quantitative estimate of drug-likeness (QED) is 0.158. The van der Waals surface area contributed by atoms with Crippen molar-refractivity contribution in [1.82, 2.24) is 18.9 Å². The number of aromatic nitrogens is 4. The van der Waals surface area contributed by atoms with Crippen LogP contribution in [-0.4, -0.2) is 18.9 Å². The highest BCUT2D eigenvalue weighted by molar-refractivity contribution is 6.15. The fourth-order valence-corrected chi connectivity index (χ4v) is 10.4. The lowest BCUT2D eigenvalue weighted by Crippen LogP contribution is -2.48. The fraction of sp³-hybridized carbons (Fsp3) is 0.321. The molecule has 1 aliphatic carbocycles. The van der Waals surface area contributed by atoms with Crippen molar-refractivity contribution in [3.05, 3.63) is 143 Å². The van der Waals surface area contributed by atoms with Crippen molar-refractivity contribution in [2.75, 3.05) is 0 Å². The molecule has 2 aliphatic rings. The average molecular weight is 766 g/mol. The van der Waals surface area contributed by atoms with E-state index < -0.39 is 6.85 Å². The molecule has 10 rings (SSSR count). The van der Waals surface area contributed by atoms with Crippen molar-refractivity contribution in [3.8, 4) is 39.7 Å². The summed E-state index contributed by atoms with van der Waals surface area (Å²) in [6.07, 6.45) is 5.98. The van der Waals surface area contributed by atoms with Crippen molar-refractivity contribution in [1.29, 1.82) is 0 Å². The maximum atomic E-state index is 8.78. The van der Waals surface area contributed by atoms with Crippen LogP contribution in [0.1, 0.15) is 125 Å². The summed E-state index contributed by atoms with van der Waals surface area (Å²) in [6, 6.07) is 33.4. The zero-order chi connectivity index (χ0) is 43.0. The van der Waals surface area contributed by atoms with Crippen LogP contribution in [0.15, 0.2) is 110 Å². The van der Waals surface area contributed by atoms with Crippen LogP contribution < -0.4 is 4.74 Å². The van der Waals surface area contributed by atoms with Crippen LogP contribution in [-0.2, 0) is 16.2 Å². The van der Waals surface area contributed by atoms with Gasteiger partial charge in [-0.2, -0.15) is 0 Å². The SMILES string of the molecule is [2H]C([2H])([2H])c1ccc2c3c1c1ccc(Oc4cccc(-c5cn(-c6c(C(C)C)cccc6C(C)C)cn5)c4)cc1c1nc4c(n13)C(C)(CCC(C)(C)c1ccccc1-4)C2(C)C. The lowest BCUT2D eigenvalue weighted by Gasteiger charge is -2.50. The summed E-state index contributed by atoms with van der Waals surface area (Å²) in [6.45, 7) is 18.4. The Morgan fingerprint density at radius 1 is 0.741 bits per heavy atom. The van der Waals surface area contributed by atoms with Gasteiger partial charge in [-0.25, -0.2) is 9.97 Å². The molecule has 5 nitrogen and oxygen atoms in total. The summed E-state index contributed by atoms with van der Waals surface area (Å²) in [5.74, 6) is 2.06. The summed E-state index contributed by atoms with van der Waals surface area (Å²) in [4.78, 5) is 10.5. The number of benzene rings is 5. The average Bonchev–Trinajstić information content (AvgIpc) is 3.88. The van der Waals surface area contributed by atoms with Gasteiger partial charge in [0.1, 0.15) is 17.1 Å². The number of hydrogen-bond donors (Lipinski definition) is 0. The number of rotatable bonds is 6. The molecule has 3 aromatic heterocycles. The predicted molar refractivity (Wildman–Crippen MR) is 240 cm³/mol. The van der Waals surface area contributed by atoms with Crippen LogP contribution in [0.25, 0.3) is 55.5 Å². The molecule has 0 saturated carbocycles. The molecular formula is C53H54N4O. The van der Waals surface area contributed by atoms with Gasteiger partial charge in [0.15, 0.2) is 0 Å². The Hall–Kier alpha value is -5.68. The minimum atomic E-state index is -2.33. The van der Waals surface area contributed by atoms with Crippen molar-refractivity contribution >= 4 is 27.3 Å². The number of fused-ring (bicyclic) bond motifs is 5. The van der Waals surface area contributed by atoms with Gasteiger partial charge in [-0.3, -0.25) is 4.40 Å². The molecule has 0 amide bonds. The molecule has 5 aromatic carbocycles. The van der Waals surface area contributed by atoms with Gasteiger partial charge >= 0.3 is 0 Å². The number of pyridine rings is 1. The molecule has 0 fully saturated rings. The zero-order valence-corrected chi connectivity index (χ0v) is 35.2. The maximum absolute atomic E-state index is 8.78. The van der Waals surface area contributed by atoms with Crippen LogP contribution >= 0.6 is 0 Å². The molecule has 0 bridgehead atoms. The smallest absolute Gasteiger partial charge is 0.146 e. The van der Waals surface area contributed by atoms with Crippen molar-refractivity contribution in [3.63, 3.8) is 0 Å². The van der Waals surface area contributed by atoms with Crippen LogP contribution in [0.3, 0.4) is 0 Å². The minimum Gasteiger partial charge on any atom is -0.457 e. The first-order chi connectivity index (χ1) is 28.9. The van der Waals surface area contributed by atoms with Gasteiger partial charge in [0.25, 0.3) is 0 Å². The molecule has 0 saturated heterocycles. The number of hydrogen-bond acceptors (Lipinski definition) is 3. The molecule has 1 atom stereocenters. The second kappa shape index (κ2) is 12.7. The Kier molecular flexibility index (Phi) is 7.27. The van der Waals surface area contributed by atoms with E-state index in [9.17, 15) is 0 Å². The molecule has 58 heavy (non-hydrogen) atoms. The predicted octanol–water partition coefficient (Wildman–Crippen LogP) is 14.1. The highest BCUT2D eigenvalue weighted by Crippen LogP contribution is 2.59. The Morgan fingerprint density at radius 3 is 2.24 bits per heavy atom. The van der Waals surface area contributed by atoms with Gasteiger partial charge in [-0.1, -0.05) is 129 Å². The molecule has 5 heteroatoms. The first-order valence-electron chi connectivity index (χ1n) is 22.4. The standard InChI is InChI=1S/C53H54N4O/c1-31(2)37-18-14-19-38(32(3)4)47(37)56-29-44(54-30-56)34-15-13-16-35(27-34)58-36-22-23-39-41(28-36)50-55-46-40-17-11-12-20-42(40)51(6,7)25-26-53(10)49(46)57(50)48-43(52(53,8)9)24-21-33(5)45(39)48/h11-24,27-32H,25-26H2,1-10H3/i5D3. The van der Waals surface area contributed by atoms with Gasteiger partial charge < -0.3 is 9.30 Å². The highest BCUT2D eigenvalue weighted by Gasteiger charge is 2.52. The molecule has 0 spiro atoms. The van der Waals surface area contributed by atoms with E-state index >= 15 is 0 Å². The van der Waals surface area contributed by atoms with E-state index in [4.69, 9.17) is 18.8 Å². The normalized spacial score (nSPS) is 19.0. The van der Waals surface area contributed by atoms with Gasteiger partial charge in [0.05, 0.1) is 34.6 Å². The number of imidazole rings is 2. The minimum absolute atomic E-state index is 0.0742. The molecule has 8 aromatic rings. The zero-order valence-electron chi connectivity index (χ0n) is 38.2. The van der Waals surface area contributed by atoms with Gasteiger partial charge in [0, 0.05) is 43.0 Å². The molecule has 292 valence electrons. The highest BCUT2D eigenvalue weighted by atomic mass is 16.5. The molecule has 4 heterocycles. The van der Waals surface area contributed by atoms with Gasteiger partial charge in [-0.05, 0) is 100 Å². The fourth-order valence-electron chi connectivity index (χ4n) is 10.4. The second-order valence-electron chi connectivity index (χ2n) is 18.8. The van der Waals surface area contributed by atoms with Gasteiger partial charge in [-0.15, -0.1) is 0 Å². The third-order valence-electron chi connectivity index (χ3n) is 14.1. The van der Waals surface area contributed by atoms with E-state index in [0.717, 1.165) is 73.9 Å². The van der Waals surface area contributed by atoms with E-state index in [0.29, 0.717) is 28.9 Å². The van der Waals surface area contributed by atoms with Crippen molar-refractivity contribution < 1.29 is 8.85 Å². The molecule has 1 unspecified atom stereocenters. The van der Waals surface area contributed by atoms with Crippen molar-refractivity contribution in [2.45, 2.75) is 110 Å². The van der Waals surface area contributed by atoms with Crippen LogP contribution in [0, 0.1) is 6.85 Å². The van der Waals surface area contributed by atoms with E-state index in [1.165, 1.54) is 22.4 Å². The maximum Gasteiger partial charge on any atom is 0.146 e. The van der Waals surface area contributed by atoms with Crippen LogP contribution in [0.2, 0.25) is 0 Å². The Labute approximate surface area is 347 Å². The number of aryl methyl sites for hydroxylation is 1. The summed E-state index contributed by atoms with van der Waals surface area (Å²) in [5.41, 5.74) is 12.7. The number of ether oxygens (including phenoxy) is 1. The largest absolute Gasteiger partial charge is 0.457 e. The Balaban J connectivity index is 1.16. The monoisotopic (exact) mass is 765 g/mol. The number of para-hydroxylation sites is 1. The Morgan fingerprint density at radius 2 is 1.48 bits per heavy atom. The van der Waals surface area contributed by atoms with E-state index in [1.54, 1.807) is 0 Å². The first kappa shape index (κ1) is 33.3. The van der Waals surface area contributed by atoms with Gasteiger partial charge in [0.2, 0.25) is 0 Å². The van der Waals surface area contributed by atoms with Crippen LogP contribution in [0.4, 0.5) is 0 Å². The van der Waals surface area contributed by atoms with E-state index in [2.05, 4.69) is 138 Å². The topological polar surface area (TPSA) is 44.3 Å². The Bertz CT molecular complexity index is 3060. The van der Waals surface area contributed by atoms with Crippen molar-refractivity contribution in [2.24, 2.45) is 0 Å². The van der Waals surface area contributed by atoms with E-state index in [1.807, 2.05) is 42.7 Å². The number of nitrogens with zero attached hydrogens (tertiary/aromatic N) is 4. The van der Waals surface area contributed by atoms with Crippen LogP contribution in [0.5, 0.6) is 11.5 Å². The molecular weight excluding hydrogens is 709 g/mol. The lowest BCUT2D eigenvalue weighted by atomic mass is 9.55. The molecule has 0 radical (unpaired) electrons. The van der Waals surface area contributed by atoms with E-state index in [-0.39, 0.29) is 16.2 Å². The second-order valence-corrected chi connectivity index (χ2v) is 18.8. The summed E-state index contributed by atoms with van der Waals surface area (Å²) >= 11 is 0. The summed E-state index contributed by atoms with van der Waals surface area (Å²) in [5, 5.41) is 2.48. The molecule has 1 aliphatic heterocycles. The molecule has 0 N–H and O–H groups in total. The third kappa shape index (κ3) is 5.14. The summed E-state index contributed by atoms with van der Waals surface area (Å²) < 4.78 is 37.6.